The highest BCUT2D eigenvalue weighted by Gasteiger charge is 2.32. The molecule has 1 amide bonds. The zero-order valence-corrected chi connectivity index (χ0v) is 20.9. The van der Waals surface area contributed by atoms with Crippen molar-refractivity contribution < 1.29 is 22.4 Å². The smallest absolute Gasteiger partial charge is 0.270 e. The minimum absolute atomic E-state index is 0.0376. The number of unbranched alkanes of at least 4 members (excludes halogenated alkanes) is 1. The Hall–Kier alpha value is -2.93. The van der Waals surface area contributed by atoms with E-state index in [1.807, 2.05) is 27.7 Å². The lowest BCUT2D eigenvalue weighted by Crippen LogP contribution is -2.37. The summed E-state index contributed by atoms with van der Waals surface area (Å²) in [4.78, 5) is 25.4. The molecule has 176 valence electrons. The second-order valence-corrected chi connectivity index (χ2v) is 11.1. The van der Waals surface area contributed by atoms with Crippen LogP contribution in [0.1, 0.15) is 75.6 Å². The third kappa shape index (κ3) is 4.88. The van der Waals surface area contributed by atoms with Gasteiger partial charge in [0, 0.05) is 11.8 Å². The largest absolute Gasteiger partial charge is 0.461 e. The maximum atomic E-state index is 13.7. The molecule has 0 bridgehead atoms. The second kappa shape index (κ2) is 9.14. The Morgan fingerprint density at radius 2 is 1.67 bits per heavy atom. The molecular weight excluding hydrogens is 438 g/mol. The van der Waals surface area contributed by atoms with Crippen LogP contribution in [0, 0.1) is 6.92 Å². The number of hydrogen-bond acceptors (Lipinski definition) is 5. The summed E-state index contributed by atoms with van der Waals surface area (Å²) >= 11 is 0. The number of fused-ring (bicyclic) bond motifs is 1. The number of amides is 1. The van der Waals surface area contributed by atoms with Gasteiger partial charge in [0.25, 0.3) is 10.0 Å². The van der Waals surface area contributed by atoms with Crippen LogP contribution < -0.4 is 4.31 Å². The van der Waals surface area contributed by atoms with E-state index in [4.69, 9.17) is 4.42 Å². The molecule has 0 aliphatic rings. The first-order chi connectivity index (χ1) is 15.4. The van der Waals surface area contributed by atoms with Crippen molar-refractivity contribution in [2.24, 2.45) is 0 Å². The average Bonchev–Trinajstić information content (AvgIpc) is 3.07. The molecule has 0 atom stereocenters. The number of sulfonamides is 1. The highest BCUT2D eigenvalue weighted by atomic mass is 32.2. The number of nitrogens with zero attached hydrogens (tertiary/aromatic N) is 1. The maximum Gasteiger partial charge on any atom is 0.270 e. The van der Waals surface area contributed by atoms with Gasteiger partial charge in [-0.25, -0.2) is 12.7 Å². The van der Waals surface area contributed by atoms with E-state index in [0.717, 1.165) is 16.3 Å². The fourth-order valence-electron chi connectivity index (χ4n) is 3.85. The van der Waals surface area contributed by atoms with Gasteiger partial charge in [-0.05, 0) is 61.6 Å². The van der Waals surface area contributed by atoms with Gasteiger partial charge in [0.2, 0.25) is 5.91 Å². The lowest BCUT2D eigenvalue weighted by molar-refractivity contribution is -0.117. The Morgan fingerprint density at radius 3 is 2.21 bits per heavy atom. The van der Waals surface area contributed by atoms with Gasteiger partial charge < -0.3 is 4.42 Å². The number of aryl methyl sites for hydroxylation is 1. The highest BCUT2D eigenvalue weighted by molar-refractivity contribution is 7.93. The van der Waals surface area contributed by atoms with Crippen LogP contribution in [0.25, 0.3) is 11.0 Å². The molecule has 0 spiro atoms. The van der Waals surface area contributed by atoms with Crippen LogP contribution in [0.3, 0.4) is 0 Å². The summed E-state index contributed by atoms with van der Waals surface area (Å²) in [5.41, 5.74) is 1.90. The molecule has 0 aliphatic heterocycles. The normalized spacial score (nSPS) is 12.2. The summed E-state index contributed by atoms with van der Waals surface area (Å²) in [5.74, 6) is -0.243. The van der Waals surface area contributed by atoms with Gasteiger partial charge in [0.05, 0.1) is 16.1 Å². The van der Waals surface area contributed by atoms with Gasteiger partial charge >= 0.3 is 0 Å². The van der Waals surface area contributed by atoms with E-state index >= 15 is 0 Å². The average molecular weight is 470 g/mol. The van der Waals surface area contributed by atoms with E-state index < -0.39 is 15.9 Å². The summed E-state index contributed by atoms with van der Waals surface area (Å²) in [5, 5.41) is 0.490. The molecule has 6 nitrogen and oxygen atoms in total. The molecule has 3 aromatic rings. The fourth-order valence-corrected chi connectivity index (χ4v) is 5.29. The third-order valence-electron chi connectivity index (χ3n) is 5.66. The van der Waals surface area contributed by atoms with Gasteiger partial charge in [0.1, 0.15) is 11.3 Å². The topological polar surface area (TPSA) is 84.7 Å². The van der Waals surface area contributed by atoms with Crippen LogP contribution in [0.15, 0.2) is 51.8 Å². The number of Topliss-reactive ketones (excluding diaryl/α,β-unsaturated/α-hetero) is 1. The maximum absolute atomic E-state index is 13.7. The molecule has 7 heteroatoms. The molecule has 0 radical (unpaired) electrons. The highest BCUT2D eigenvalue weighted by Crippen LogP contribution is 2.33. The zero-order chi connectivity index (χ0) is 24.6. The Kier molecular flexibility index (Phi) is 6.84. The van der Waals surface area contributed by atoms with Crippen molar-refractivity contribution in [3.8, 4) is 0 Å². The first kappa shape index (κ1) is 24.7. The van der Waals surface area contributed by atoms with Crippen LogP contribution in [0.2, 0.25) is 0 Å². The van der Waals surface area contributed by atoms with Crippen molar-refractivity contribution >= 4 is 38.4 Å². The molecule has 0 fully saturated rings. The van der Waals surface area contributed by atoms with Gasteiger partial charge in [-0.15, -0.1) is 0 Å². The minimum atomic E-state index is -4.17. The summed E-state index contributed by atoms with van der Waals surface area (Å²) < 4.78 is 33.9. The number of anilines is 1. The first-order valence-corrected chi connectivity index (χ1v) is 12.5. The quantitative estimate of drug-likeness (QED) is 0.387. The Bertz CT molecular complexity index is 1290. The molecule has 0 unspecified atom stereocenters. The Morgan fingerprint density at radius 1 is 1.03 bits per heavy atom. The van der Waals surface area contributed by atoms with E-state index in [1.165, 1.54) is 19.1 Å². The van der Waals surface area contributed by atoms with Crippen molar-refractivity contribution in [1.29, 1.82) is 0 Å². The number of hydrogen-bond donors (Lipinski definition) is 0. The molecule has 3 rings (SSSR count). The molecule has 1 aromatic heterocycles. The van der Waals surface area contributed by atoms with E-state index in [0.29, 0.717) is 28.7 Å². The van der Waals surface area contributed by atoms with Crippen molar-refractivity contribution in [2.45, 2.75) is 71.1 Å². The van der Waals surface area contributed by atoms with Crippen molar-refractivity contribution in [3.05, 3.63) is 59.4 Å². The van der Waals surface area contributed by atoms with Crippen LogP contribution in [-0.4, -0.2) is 20.1 Å². The summed E-state index contributed by atoms with van der Waals surface area (Å²) in [6, 6.07) is 11.3. The predicted octanol–water partition coefficient (Wildman–Crippen LogP) is 6.15. The SMILES string of the molecule is CCCCC(=O)N(c1ccc2oc(C)c(C(C)=O)c2c1)S(=O)(=O)c1ccc(C(C)(C)C)cc1. The number of furan rings is 1. The standard InChI is InChI=1S/C26H31NO5S/c1-7-8-9-24(29)27(33(30,31)21-13-10-19(11-14-21)26(4,5)6)20-12-15-23-22(16-20)25(17(2)28)18(3)32-23/h10-16H,7-9H2,1-6H3. The van der Waals surface area contributed by atoms with Gasteiger partial charge in [-0.3, -0.25) is 9.59 Å². The van der Waals surface area contributed by atoms with Gasteiger partial charge in [-0.2, -0.15) is 0 Å². The lowest BCUT2D eigenvalue weighted by Gasteiger charge is -2.24. The number of benzene rings is 2. The first-order valence-electron chi connectivity index (χ1n) is 11.1. The van der Waals surface area contributed by atoms with E-state index in [2.05, 4.69) is 0 Å². The van der Waals surface area contributed by atoms with Gasteiger partial charge in [0.15, 0.2) is 5.78 Å². The Balaban J connectivity index is 2.17. The molecule has 0 saturated heterocycles. The van der Waals surface area contributed by atoms with Crippen molar-refractivity contribution in [3.63, 3.8) is 0 Å². The van der Waals surface area contributed by atoms with Crippen LogP contribution in [0.5, 0.6) is 0 Å². The predicted molar refractivity (Wildman–Crippen MR) is 130 cm³/mol. The molecule has 0 aliphatic carbocycles. The molecular formula is C26H31NO5S. The van der Waals surface area contributed by atoms with Crippen LogP contribution in [-0.2, 0) is 20.2 Å². The third-order valence-corrected chi connectivity index (χ3v) is 7.43. The summed E-state index contributed by atoms with van der Waals surface area (Å²) in [6.45, 7) is 11.2. The van der Waals surface area contributed by atoms with Gasteiger partial charge in [-0.1, -0.05) is 46.2 Å². The lowest BCUT2D eigenvalue weighted by atomic mass is 9.87. The van der Waals surface area contributed by atoms with Crippen LogP contribution >= 0.6 is 0 Å². The number of carbonyl (C=O) groups excluding carboxylic acids is 2. The van der Waals surface area contributed by atoms with E-state index in [-0.39, 0.29) is 28.2 Å². The van der Waals surface area contributed by atoms with Crippen molar-refractivity contribution in [1.82, 2.24) is 0 Å². The minimum Gasteiger partial charge on any atom is -0.461 e. The zero-order valence-electron chi connectivity index (χ0n) is 20.1. The number of rotatable bonds is 7. The monoisotopic (exact) mass is 469 g/mol. The van der Waals surface area contributed by atoms with E-state index in [9.17, 15) is 18.0 Å². The molecule has 0 saturated carbocycles. The van der Waals surface area contributed by atoms with Crippen LogP contribution in [0.4, 0.5) is 5.69 Å². The molecule has 2 aromatic carbocycles. The number of ketones is 1. The molecule has 33 heavy (non-hydrogen) atoms. The summed E-state index contributed by atoms with van der Waals surface area (Å²) in [7, 11) is -4.17. The van der Waals surface area contributed by atoms with E-state index in [1.54, 1.807) is 37.3 Å². The van der Waals surface area contributed by atoms with Crippen molar-refractivity contribution in [2.75, 3.05) is 4.31 Å². The fraction of sp³-hybridized carbons (Fsp3) is 0.385. The molecule has 1 heterocycles. The Labute approximate surface area is 195 Å². The number of carbonyl (C=O) groups is 2. The molecule has 0 N–H and O–H groups in total. The summed E-state index contributed by atoms with van der Waals surface area (Å²) in [6.07, 6.45) is 1.42. The second-order valence-electron chi connectivity index (χ2n) is 9.31.